The van der Waals surface area contributed by atoms with Crippen molar-refractivity contribution >= 4 is 23.8 Å². The minimum atomic E-state index is -1.49. The fourth-order valence-electron chi connectivity index (χ4n) is 1.54. The lowest BCUT2D eigenvalue weighted by Gasteiger charge is -2.28. The molecule has 0 aromatic rings. The maximum atomic E-state index is 11.1. The Bertz CT molecular complexity index is 384. The number of rotatable bonds is 8. The third-order valence-corrected chi connectivity index (χ3v) is 2.40. The highest BCUT2D eigenvalue weighted by atomic mass is 16.6. The minimum absolute atomic E-state index is 0.187. The molecule has 22 heavy (non-hydrogen) atoms. The molecule has 0 fully saturated rings. The van der Waals surface area contributed by atoms with Gasteiger partial charge in [0.2, 0.25) is 5.91 Å². The van der Waals surface area contributed by atoms with Crippen LogP contribution in [-0.2, 0) is 33.4 Å². The summed E-state index contributed by atoms with van der Waals surface area (Å²) in [5.74, 6) is -2.43. The van der Waals surface area contributed by atoms with E-state index in [2.05, 4.69) is 5.32 Å². The van der Waals surface area contributed by atoms with Crippen molar-refractivity contribution < 1.29 is 38.5 Å². The van der Waals surface area contributed by atoms with Crippen molar-refractivity contribution in [1.82, 2.24) is 5.32 Å². The van der Waals surface area contributed by atoms with Crippen molar-refractivity contribution in [2.45, 2.75) is 46.0 Å². The summed E-state index contributed by atoms with van der Waals surface area (Å²) in [6, 6.07) is 0. The molecule has 1 amide bonds. The fourth-order valence-corrected chi connectivity index (χ4v) is 1.54. The predicted molar refractivity (Wildman–Crippen MR) is 72.4 cm³/mol. The Labute approximate surface area is 127 Å². The Kier molecular flexibility index (Phi) is 8.76. The Morgan fingerprint density at radius 1 is 0.909 bits per heavy atom. The molecule has 0 aromatic carbocycles. The first kappa shape index (κ1) is 19.8. The van der Waals surface area contributed by atoms with E-state index in [-0.39, 0.29) is 6.54 Å². The second-order valence-corrected chi connectivity index (χ2v) is 4.53. The van der Waals surface area contributed by atoms with Crippen molar-refractivity contribution in [3.63, 3.8) is 0 Å². The predicted octanol–water partition coefficient (Wildman–Crippen LogP) is -1.09. The molecule has 0 bridgehead atoms. The zero-order valence-electron chi connectivity index (χ0n) is 13.0. The zero-order chi connectivity index (χ0) is 17.3. The summed E-state index contributed by atoms with van der Waals surface area (Å²) in [6.45, 7) is 4.04. The first-order chi connectivity index (χ1) is 10.1. The van der Waals surface area contributed by atoms with Crippen LogP contribution in [0.5, 0.6) is 0 Å². The molecule has 9 heteroatoms. The largest absolute Gasteiger partial charge is 0.462 e. The van der Waals surface area contributed by atoms with Crippen molar-refractivity contribution in [2.75, 3.05) is 13.2 Å². The van der Waals surface area contributed by atoms with Gasteiger partial charge in [-0.2, -0.15) is 0 Å². The molecular formula is C13H21NO8. The van der Waals surface area contributed by atoms with Crippen molar-refractivity contribution in [1.29, 1.82) is 0 Å². The molecule has 126 valence electrons. The first-order valence-corrected chi connectivity index (χ1v) is 6.53. The van der Waals surface area contributed by atoms with E-state index in [4.69, 9.17) is 14.2 Å². The Morgan fingerprint density at radius 2 is 1.41 bits per heavy atom. The van der Waals surface area contributed by atoms with Gasteiger partial charge in [0, 0.05) is 27.7 Å². The molecule has 0 aromatic heterocycles. The van der Waals surface area contributed by atoms with Crippen LogP contribution in [-0.4, -0.2) is 60.4 Å². The molecule has 0 saturated heterocycles. The molecule has 0 spiro atoms. The van der Waals surface area contributed by atoms with Gasteiger partial charge in [-0.3, -0.25) is 19.2 Å². The number of esters is 3. The van der Waals surface area contributed by atoms with Gasteiger partial charge in [0.05, 0.1) is 6.54 Å². The van der Waals surface area contributed by atoms with Gasteiger partial charge in [-0.1, -0.05) is 0 Å². The molecule has 0 rings (SSSR count). The summed E-state index contributed by atoms with van der Waals surface area (Å²) in [4.78, 5) is 43.9. The quantitative estimate of drug-likeness (QED) is 0.426. The number of amides is 1. The summed E-state index contributed by atoms with van der Waals surface area (Å²) in [5.41, 5.74) is 0. The van der Waals surface area contributed by atoms with Gasteiger partial charge in [-0.15, -0.1) is 0 Å². The number of hydrogen-bond acceptors (Lipinski definition) is 8. The van der Waals surface area contributed by atoms with E-state index in [1.165, 1.54) is 6.92 Å². The number of hydrogen-bond donors (Lipinski definition) is 2. The van der Waals surface area contributed by atoms with E-state index < -0.39 is 48.7 Å². The smallest absolute Gasteiger partial charge is 0.303 e. The molecule has 0 saturated carbocycles. The van der Waals surface area contributed by atoms with E-state index in [1.807, 2.05) is 0 Å². The zero-order valence-corrected chi connectivity index (χ0v) is 13.0. The highest BCUT2D eigenvalue weighted by Crippen LogP contribution is 2.10. The van der Waals surface area contributed by atoms with E-state index >= 15 is 0 Å². The van der Waals surface area contributed by atoms with Crippen LogP contribution < -0.4 is 5.32 Å². The SMILES string of the molecule is CC(=O)NC[C@@H](OC(C)=O)[C@H](O)[C@@H](COC(C)=O)OC(C)=O. The maximum Gasteiger partial charge on any atom is 0.303 e. The van der Waals surface area contributed by atoms with Gasteiger partial charge in [0.1, 0.15) is 18.8 Å². The van der Waals surface area contributed by atoms with E-state index in [0.717, 1.165) is 20.8 Å². The van der Waals surface area contributed by atoms with Crippen LogP contribution in [0, 0.1) is 0 Å². The summed E-state index contributed by atoms with van der Waals surface area (Å²) in [5, 5.41) is 12.6. The van der Waals surface area contributed by atoms with Gasteiger partial charge >= 0.3 is 17.9 Å². The monoisotopic (exact) mass is 319 g/mol. The summed E-state index contributed by atoms with van der Waals surface area (Å²) in [7, 11) is 0. The molecule has 2 N–H and O–H groups in total. The molecule has 0 heterocycles. The average Bonchev–Trinajstić information content (AvgIpc) is 2.37. The maximum absolute atomic E-state index is 11.1. The van der Waals surface area contributed by atoms with Crippen molar-refractivity contribution in [2.24, 2.45) is 0 Å². The normalized spacial score (nSPS) is 14.2. The molecule has 9 nitrogen and oxygen atoms in total. The molecular weight excluding hydrogens is 298 g/mol. The highest BCUT2D eigenvalue weighted by molar-refractivity contribution is 5.73. The lowest BCUT2D eigenvalue weighted by molar-refractivity contribution is -0.176. The topological polar surface area (TPSA) is 128 Å². The lowest BCUT2D eigenvalue weighted by atomic mass is 10.1. The molecule has 3 atom stereocenters. The van der Waals surface area contributed by atoms with Crippen molar-refractivity contribution in [3.8, 4) is 0 Å². The number of carbonyl (C=O) groups is 4. The Morgan fingerprint density at radius 3 is 1.82 bits per heavy atom. The number of carbonyl (C=O) groups excluding carboxylic acids is 4. The van der Waals surface area contributed by atoms with Crippen LogP contribution in [0.4, 0.5) is 0 Å². The van der Waals surface area contributed by atoms with Crippen LogP contribution in [0.15, 0.2) is 0 Å². The third kappa shape index (κ3) is 8.90. The molecule has 0 aliphatic carbocycles. The van der Waals surface area contributed by atoms with Gasteiger partial charge in [0.15, 0.2) is 6.10 Å². The summed E-state index contributed by atoms with van der Waals surface area (Å²) < 4.78 is 14.5. The van der Waals surface area contributed by atoms with E-state index in [1.54, 1.807) is 0 Å². The minimum Gasteiger partial charge on any atom is -0.462 e. The number of ether oxygens (including phenoxy) is 3. The molecule has 0 radical (unpaired) electrons. The number of aliphatic hydroxyl groups excluding tert-OH is 1. The fraction of sp³-hybridized carbons (Fsp3) is 0.692. The average molecular weight is 319 g/mol. The first-order valence-electron chi connectivity index (χ1n) is 6.53. The van der Waals surface area contributed by atoms with Crippen LogP contribution in [0.2, 0.25) is 0 Å². The summed E-state index contributed by atoms with van der Waals surface area (Å²) in [6.07, 6.45) is -3.89. The van der Waals surface area contributed by atoms with E-state index in [0.29, 0.717) is 0 Å². The van der Waals surface area contributed by atoms with Crippen LogP contribution in [0.25, 0.3) is 0 Å². The molecule has 0 unspecified atom stereocenters. The highest BCUT2D eigenvalue weighted by Gasteiger charge is 2.33. The van der Waals surface area contributed by atoms with Gasteiger partial charge in [0.25, 0.3) is 0 Å². The van der Waals surface area contributed by atoms with Gasteiger partial charge in [-0.25, -0.2) is 0 Å². The molecule has 0 aliphatic heterocycles. The lowest BCUT2D eigenvalue weighted by Crippen LogP contribution is -2.49. The summed E-state index contributed by atoms with van der Waals surface area (Å²) >= 11 is 0. The third-order valence-electron chi connectivity index (χ3n) is 2.40. The standard InChI is InChI=1S/C13H21NO8/c1-7(15)14-5-11(21-9(3)17)13(19)12(22-10(4)18)6-20-8(2)16/h11-13,19H,5-6H2,1-4H3,(H,14,15)/t11-,12-,13+/m1/s1. The Balaban J connectivity index is 4.98. The van der Waals surface area contributed by atoms with Crippen LogP contribution in [0.3, 0.4) is 0 Å². The van der Waals surface area contributed by atoms with Gasteiger partial charge < -0.3 is 24.6 Å². The second-order valence-electron chi connectivity index (χ2n) is 4.53. The molecule has 0 aliphatic rings. The van der Waals surface area contributed by atoms with Gasteiger partial charge in [-0.05, 0) is 0 Å². The Hall–Kier alpha value is -2.16. The van der Waals surface area contributed by atoms with E-state index in [9.17, 15) is 24.3 Å². The van der Waals surface area contributed by atoms with Crippen LogP contribution in [0.1, 0.15) is 27.7 Å². The second kappa shape index (κ2) is 9.72. The van der Waals surface area contributed by atoms with Crippen LogP contribution >= 0.6 is 0 Å². The number of nitrogens with one attached hydrogen (secondary N) is 1. The van der Waals surface area contributed by atoms with Crippen molar-refractivity contribution in [3.05, 3.63) is 0 Å². The number of aliphatic hydroxyl groups is 1.